The van der Waals surface area contributed by atoms with Crippen LogP contribution >= 0.6 is 0 Å². The Morgan fingerprint density at radius 2 is 1.55 bits per heavy atom. The summed E-state index contributed by atoms with van der Waals surface area (Å²) in [5.41, 5.74) is 3.09. The van der Waals surface area contributed by atoms with Gasteiger partial charge in [0.15, 0.2) is 15.5 Å². The molecule has 3 aliphatic rings. The number of carbonyl (C=O) groups excluding carboxylic acids is 2. The Labute approximate surface area is 220 Å². The van der Waals surface area contributed by atoms with Crippen molar-refractivity contribution in [1.82, 2.24) is 19.6 Å². The zero-order valence-corrected chi connectivity index (χ0v) is 21.7. The third kappa shape index (κ3) is 4.50. The van der Waals surface area contributed by atoms with E-state index < -0.39 is 9.84 Å². The highest BCUT2D eigenvalue weighted by molar-refractivity contribution is 7.90. The molecule has 38 heavy (non-hydrogen) atoms. The standard InChI is InChI=1S/C27H28N4O6S/c32-24(29-8-12-36-13-9-29)17-19-4-3-5-20(16-19)31-26-21-6-1-2-7-23(21)38(34,35)18-22(26)25(28-31)27(33)30-10-14-37-15-11-30/h1-7,16H,8-15,17-18H2. The topological polar surface area (TPSA) is 111 Å². The number of nitrogens with zero attached hydrogens (tertiary/aromatic N) is 4. The highest BCUT2D eigenvalue weighted by Crippen LogP contribution is 2.40. The highest BCUT2D eigenvalue weighted by Gasteiger charge is 2.37. The van der Waals surface area contributed by atoms with E-state index in [1.165, 1.54) is 0 Å². The number of fused-ring (bicyclic) bond motifs is 3. The molecule has 0 N–H and O–H groups in total. The van der Waals surface area contributed by atoms with Crippen molar-refractivity contribution in [2.24, 2.45) is 0 Å². The number of ether oxygens (including phenoxy) is 2. The fourth-order valence-corrected chi connectivity index (χ4v) is 6.83. The van der Waals surface area contributed by atoms with Gasteiger partial charge < -0.3 is 19.3 Å². The number of carbonyl (C=O) groups is 2. The van der Waals surface area contributed by atoms with E-state index in [1.54, 1.807) is 38.7 Å². The Kier molecular flexibility index (Phi) is 6.50. The lowest BCUT2D eigenvalue weighted by Crippen LogP contribution is -2.41. The van der Waals surface area contributed by atoms with E-state index in [2.05, 4.69) is 0 Å². The maximum absolute atomic E-state index is 13.6. The third-order valence-corrected chi connectivity index (χ3v) is 8.87. The molecule has 0 aliphatic carbocycles. The molecule has 6 rings (SSSR count). The molecule has 2 aromatic carbocycles. The van der Waals surface area contributed by atoms with Crippen molar-refractivity contribution in [2.45, 2.75) is 17.1 Å². The van der Waals surface area contributed by atoms with Crippen LogP contribution < -0.4 is 0 Å². The summed E-state index contributed by atoms with van der Waals surface area (Å²) >= 11 is 0. The summed E-state index contributed by atoms with van der Waals surface area (Å²) in [5, 5.41) is 4.72. The lowest BCUT2D eigenvalue weighted by atomic mass is 10.0. The normalized spacial score (nSPS) is 18.5. The zero-order valence-electron chi connectivity index (χ0n) is 20.8. The minimum atomic E-state index is -3.66. The summed E-state index contributed by atoms with van der Waals surface area (Å²) in [5.74, 6) is -0.593. The molecule has 3 aromatic rings. The predicted octanol–water partition coefficient (Wildman–Crippen LogP) is 1.70. The van der Waals surface area contributed by atoms with Gasteiger partial charge in [-0.2, -0.15) is 5.10 Å². The van der Waals surface area contributed by atoms with Gasteiger partial charge in [0.25, 0.3) is 5.91 Å². The van der Waals surface area contributed by atoms with Crippen molar-refractivity contribution in [2.75, 3.05) is 52.6 Å². The third-order valence-electron chi connectivity index (χ3n) is 7.17. The van der Waals surface area contributed by atoms with Gasteiger partial charge in [-0.15, -0.1) is 0 Å². The Hall–Kier alpha value is -3.54. The summed E-state index contributed by atoms with van der Waals surface area (Å²) in [6, 6.07) is 14.3. The number of sulfone groups is 1. The molecule has 0 radical (unpaired) electrons. The number of aromatic nitrogens is 2. The predicted molar refractivity (Wildman–Crippen MR) is 138 cm³/mol. The molecular weight excluding hydrogens is 508 g/mol. The maximum atomic E-state index is 13.6. The van der Waals surface area contributed by atoms with E-state index in [9.17, 15) is 18.0 Å². The van der Waals surface area contributed by atoms with Crippen LogP contribution in [0.1, 0.15) is 21.6 Å². The molecule has 2 fully saturated rings. The van der Waals surface area contributed by atoms with E-state index in [0.717, 1.165) is 5.56 Å². The van der Waals surface area contributed by atoms with Gasteiger partial charge in [0.2, 0.25) is 5.91 Å². The lowest BCUT2D eigenvalue weighted by molar-refractivity contribution is -0.134. The van der Waals surface area contributed by atoms with Crippen LogP contribution in [0.3, 0.4) is 0 Å². The highest BCUT2D eigenvalue weighted by atomic mass is 32.2. The van der Waals surface area contributed by atoms with Crippen LogP contribution in [-0.2, 0) is 36.3 Å². The molecule has 10 nitrogen and oxygen atoms in total. The summed E-state index contributed by atoms with van der Waals surface area (Å²) in [6.45, 7) is 3.91. The lowest BCUT2D eigenvalue weighted by Gasteiger charge is -2.27. The first-order valence-electron chi connectivity index (χ1n) is 12.7. The van der Waals surface area contributed by atoms with Crippen molar-refractivity contribution >= 4 is 21.7 Å². The Bertz CT molecular complexity index is 1500. The van der Waals surface area contributed by atoms with Crippen molar-refractivity contribution in [3.05, 3.63) is 65.4 Å². The van der Waals surface area contributed by atoms with E-state index in [0.29, 0.717) is 75.1 Å². The zero-order chi connectivity index (χ0) is 26.3. The smallest absolute Gasteiger partial charge is 0.274 e. The number of benzene rings is 2. The van der Waals surface area contributed by atoms with Crippen LogP contribution in [-0.4, -0.2) is 92.4 Å². The van der Waals surface area contributed by atoms with Gasteiger partial charge >= 0.3 is 0 Å². The molecule has 0 spiro atoms. The van der Waals surface area contributed by atoms with Crippen LogP contribution in [0.5, 0.6) is 0 Å². The second kappa shape index (κ2) is 9.97. The van der Waals surface area contributed by atoms with Crippen LogP contribution in [0.4, 0.5) is 0 Å². The summed E-state index contributed by atoms with van der Waals surface area (Å²) < 4.78 is 38.8. The molecule has 0 bridgehead atoms. The molecule has 4 heterocycles. The number of hydrogen-bond acceptors (Lipinski definition) is 7. The van der Waals surface area contributed by atoms with Gasteiger partial charge in [0.1, 0.15) is 0 Å². The molecule has 2 amide bonds. The molecule has 0 atom stereocenters. The first-order valence-corrected chi connectivity index (χ1v) is 14.3. The Morgan fingerprint density at radius 3 is 2.29 bits per heavy atom. The minimum absolute atomic E-state index is 0.0209. The maximum Gasteiger partial charge on any atom is 0.274 e. The SMILES string of the molecule is O=C(Cc1cccc(-n2nc(C(=O)N3CCOCC3)c3c2-c2ccccc2S(=O)(=O)C3)c1)N1CCOCC1. The van der Waals surface area contributed by atoms with Crippen LogP contribution in [0.2, 0.25) is 0 Å². The van der Waals surface area contributed by atoms with Gasteiger partial charge in [-0.1, -0.05) is 30.3 Å². The Morgan fingerprint density at radius 1 is 0.868 bits per heavy atom. The van der Waals surface area contributed by atoms with Crippen molar-refractivity contribution < 1.29 is 27.5 Å². The fourth-order valence-electron chi connectivity index (χ4n) is 5.24. The average Bonchev–Trinajstić information content (AvgIpc) is 3.32. The quantitative estimate of drug-likeness (QED) is 0.499. The molecule has 1 aromatic heterocycles. The fraction of sp³-hybridized carbons (Fsp3) is 0.370. The molecule has 0 unspecified atom stereocenters. The number of morpholine rings is 2. The van der Waals surface area contributed by atoms with Gasteiger partial charge in [-0.05, 0) is 23.8 Å². The van der Waals surface area contributed by atoms with Gasteiger partial charge in [-0.25, -0.2) is 13.1 Å². The number of rotatable bonds is 4. The summed E-state index contributed by atoms with van der Waals surface area (Å²) in [7, 11) is -3.66. The van der Waals surface area contributed by atoms with Gasteiger partial charge in [0, 0.05) is 37.3 Å². The van der Waals surface area contributed by atoms with Gasteiger partial charge in [-0.3, -0.25) is 9.59 Å². The minimum Gasteiger partial charge on any atom is -0.378 e. The van der Waals surface area contributed by atoms with Crippen LogP contribution in [0.25, 0.3) is 16.9 Å². The van der Waals surface area contributed by atoms with Gasteiger partial charge in [0.05, 0.1) is 54.9 Å². The van der Waals surface area contributed by atoms with E-state index >= 15 is 0 Å². The molecule has 3 aliphatic heterocycles. The first kappa shape index (κ1) is 24.8. The average molecular weight is 537 g/mol. The van der Waals surface area contributed by atoms with Crippen molar-refractivity contribution in [3.63, 3.8) is 0 Å². The molecule has 198 valence electrons. The second-order valence-corrected chi connectivity index (χ2v) is 11.5. The van der Waals surface area contributed by atoms with Crippen LogP contribution in [0.15, 0.2) is 53.4 Å². The van der Waals surface area contributed by atoms with E-state index in [4.69, 9.17) is 14.6 Å². The van der Waals surface area contributed by atoms with E-state index in [-0.39, 0.29) is 34.6 Å². The second-order valence-electron chi connectivity index (χ2n) is 9.59. The van der Waals surface area contributed by atoms with E-state index in [1.807, 2.05) is 24.3 Å². The molecule has 0 saturated carbocycles. The molecule has 11 heteroatoms. The largest absolute Gasteiger partial charge is 0.378 e. The monoisotopic (exact) mass is 536 g/mol. The number of hydrogen-bond donors (Lipinski definition) is 0. The Balaban J connectivity index is 1.44. The van der Waals surface area contributed by atoms with Crippen LogP contribution in [0, 0.1) is 0 Å². The van der Waals surface area contributed by atoms with Crippen molar-refractivity contribution in [1.29, 1.82) is 0 Å². The van der Waals surface area contributed by atoms with Crippen molar-refractivity contribution in [3.8, 4) is 16.9 Å². The summed E-state index contributed by atoms with van der Waals surface area (Å²) in [6.07, 6.45) is 0.224. The number of amides is 2. The molecular formula is C27H28N4O6S. The first-order chi connectivity index (χ1) is 18.4. The molecule has 2 saturated heterocycles. The summed E-state index contributed by atoms with van der Waals surface area (Å²) in [4.78, 5) is 30.1.